The Bertz CT molecular complexity index is 1240. The quantitative estimate of drug-likeness (QED) is 0.555. The van der Waals surface area contributed by atoms with Gasteiger partial charge in [-0.15, -0.1) is 0 Å². The standard InChI is InChI=1S/C22H29N3O6S2/c1-6-21(31-18-9-7-17(8-10-18)24(4)32(5,27)28)22(26)25-14-13-16-15-19(11-12-20(16)25)33(29,30)23(2)3/h7-12,15,21H,6,13-14H2,1-5H3/t21-/m0/s1. The lowest BCUT2D eigenvalue weighted by Crippen LogP contribution is -2.41. The highest BCUT2D eigenvalue weighted by Gasteiger charge is 2.32. The van der Waals surface area contributed by atoms with Crippen LogP contribution in [0.1, 0.15) is 18.9 Å². The minimum atomic E-state index is -3.55. The van der Waals surface area contributed by atoms with E-state index in [-0.39, 0.29) is 10.8 Å². The SMILES string of the molecule is CC[C@H](Oc1ccc(N(C)S(C)(=O)=O)cc1)C(=O)N1CCc2cc(S(=O)(=O)N(C)C)ccc21. The van der Waals surface area contributed by atoms with E-state index in [0.717, 1.165) is 20.4 Å². The second kappa shape index (κ2) is 9.32. The van der Waals surface area contributed by atoms with Crippen LogP contribution in [0.2, 0.25) is 0 Å². The molecule has 0 saturated carbocycles. The van der Waals surface area contributed by atoms with Gasteiger partial charge >= 0.3 is 0 Å². The van der Waals surface area contributed by atoms with E-state index >= 15 is 0 Å². The van der Waals surface area contributed by atoms with Crippen molar-refractivity contribution in [3.8, 4) is 5.75 Å². The number of rotatable bonds is 8. The van der Waals surface area contributed by atoms with Crippen molar-refractivity contribution in [3.63, 3.8) is 0 Å². The zero-order valence-electron chi connectivity index (χ0n) is 19.3. The number of sulfonamides is 2. The van der Waals surface area contributed by atoms with Crippen LogP contribution in [0.5, 0.6) is 5.75 Å². The number of ether oxygens (including phenoxy) is 1. The van der Waals surface area contributed by atoms with Crippen molar-refractivity contribution in [1.29, 1.82) is 0 Å². The third kappa shape index (κ3) is 5.15. The van der Waals surface area contributed by atoms with Crippen LogP contribution in [0.3, 0.4) is 0 Å². The monoisotopic (exact) mass is 495 g/mol. The molecule has 2 aromatic rings. The van der Waals surface area contributed by atoms with Crippen molar-refractivity contribution in [2.75, 3.05) is 43.1 Å². The van der Waals surface area contributed by atoms with E-state index in [1.54, 1.807) is 41.3 Å². The van der Waals surface area contributed by atoms with Crippen molar-refractivity contribution >= 4 is 37.3 Å². The molecule has 180 valence electrons. The molecule has 0 unspecified atom stereocenters. The molecule has 0 saturated heterocycles. The van der Waals surface area contributed by atoms with Gasteiger partial charge in [0.1, 0.15) is 5.75 Å². The van der Waals surface area contributed by atoms with Gasteiger partial charge in [0.2, 0.25) is 20.0 Å². The first-order valence-corrected chi connectivity index (χ1v) is 13.7. The third-order valence-corrected chi connectivity index (χ3v) is 8.63. The van der Waals surface area contributed by atoms with Gasteiger partial charge in [-0.25, -0.2) is 21.1 Å². The summed E-state index contributed by atoms with van der Waals surface area (Å²) in [5.41, 5.74) is 1.97. The summed E-state index contributed by atoms with van der Waals surface area (Å²) in [6, 6.07) is 11.3. The Balaban J connectivity index is 1.77. The second-order valence-corrected chi connectivity index (χ2v) is 12.2. The first kappa shape index (κ1) is 25.0. The number of fused-ring (bicyclic) bond motifs is 1. The van der Waals surface area contributed by atoms with Crippen LogP contribution < -0.4 is 13.9 Å². The van der Waals surface area contributed by atoms with Gasteiger partial charge in [-0.3, -0.25) is 9.10 Å². The topological polar surface area (TPSA) is 104 Å². The van der Waals surface area contributed by atoms with Crippen molar-refractivity contribution in [2.24, 2.45) is 0 Å². The maximum absolute atomic E-state index is 13.2. The first-order chi connectivity index (χ1) is 15.4. The molecule has 1 amide bonds. The third-order valence-electron chi connectivity index (χ3n) is 5.61. The molecule has 2 aromatic carbocycles. The van der Waals surface area contributed by atoms with Gasteiger partial charge in [0, 0.05) is 33.4 Å². The molecule has 0 radical (unpaired) electrons. The van der Waals surface area contributed by atoms with E-state index < -0.39 is 26.2 Å². The highest BCUT2D eigenvalue weighted by Crippen LogP contribution is 2.32. The minimum Gasteiger partial charge on any atom is -0.481 e. The molecule has 1 aliphatic rings. The van der Waals surface area contributed by atoms with Crippen LogP contribution >= 0.6 is 0 Å². The van der Waals surface area contributed by atoms with Crippen LogP contribution in [0, 0.1) is 0 Å². The normalized spacial score (nSPS) is 14.8. The summed E-state index contributed by atoms with van der Waals surface area (Å²) in [6.07, 6.45) is 1.37. The Hall–Kier alpha value is -2.63. The van der Waals surface area contributed by atoms with Crippen molar-refractivity contribution in [3.05, 3.63) is 48.0 Å². The van der Waals surface area contributed by atoms with Gasteiger partial charge in [-0.2, -0.15) is 0 Å². The maximum Gasteiger partial charge on any atom is 0.268 e. The summed E-state index contributed by atoms with van der Waals surface area (Å²) in [6.45, 7) is 2.29. The molecule has 0 spiro atoms. The lowest BCUT2D eigenvalue weighted by Gasteiger charge is -2.24. The van der Waals surface area contributed by atoms with E-state index in [1.807, 2.05) is 6.92 Å². The van der Waals surface area contributed by atoms with Gasteiger partial charge in [0.25, 0.3) is 5.91 Å². The van der Waals surface area contributed by atoms with Gasteiger partial charge in [-0.1, -0.05) is 6.92 Å². The molecule has 11 heteroatoms. The molecule has 0 aromatic heterocycles. The number of carbonyl (C=O) groups excluding carboxylic acids is 1. The fourth-order valence-electron chi connectivity index (χ4n) is 3.55. The zero-order chi connectivity index (χ0) is 24.6. The molecule has 1 heterocycles. The van der Waals surface area contributed by atoms with Crippen molar-refractivity contribution < 1.29 is 26.4 Å². The molecule has 0 fully saturated rings. The number of benzene rings is 2. The Labute approximate surface area is 195 Å². The summed E-state index contributed by atoms with van der Waals surface area (Å²) >= 11 is 0. The van der Waals surface area contributed by atoms with E-state index in [9.17, 15) is 21.6 Å². The number of anilines is 2. The number of nitrogens with zero attached hydrogens (tertiary/aromatic N) is 3. The Morgan fingerprint density at radius 3 is 2.24 bits per heavy atom. The highest BCUT2D eigenvalue weighted by atomic mass is 32.2. The average molecular weight is 496 g/mol. The summed E-state index contributed by atoms with van der Waals surface area (Å²) in [7, 11) is -2.51. The van der Waals surface area contributed by atoms with Crippen LogP contribution in [-0.4, -0.2) is 67.1 Å². The lowest BCUT2D eigenvalue weighted by molar-refractivity contribution is -0.125. The second-order valence-electron chi connectivity index (χ2n) is 8.06. The van der Waals surface area contributed by atoms with Gasteiger partial charge in [-0.05, 0) is 60.9 Å². The lowest BCUT2D eigenvalue weighted by atomic mass is 10.1. The van der Waals surface area contributed by atoms with E-state index in [1.165, 1.54) is 27.2 Å². The predicted molar refractivity (Wildman–Crippen MR) is 128 cm³/mol. The van der Waals surface area contributed by atoms with E-state index in [2.05, 4.69) is 0 Å². The van der Waals surface area contributed by atoms with Crippen LogP contribution in [-0.2, 0) is 31.3 Å². The van der Waals surface area contributed by atoms with E-state index in [0.29, 0.717) is 36.5 Å². The summed E-state index contributed by atoms with van der Waals surface area (Å²) in [5, 5.41) is 0. The molecule has 33 heavy (non-hydrogen) atoms. The molecule has 9 nitrogen and oxygen atoms in total. The van der Waals surface area contributed by atoms with Crippen molar-refractivity contribution in [2.45, 2.75) is 30.8 Å². The molecule has 0 bridgehead atoms. The Morgan fingerprint density at radius 1 is 1.06 bits per heavy atom. The van der Waals surface area contributed by atoms with Gasteiger partial charge in [0.15, 0.2) is 6.10 Å². The van der Waals surface area contributed by atoms with E-state index in [4.69, 9.17) is 4.74 Å². The molecule has 3 rings (SSSR count). The molecule has 1 aliphatic heterocycles. The minimum absolute atomic E-state index is 0.197. The summed E-state index contributed by atoms with van der Waals surface area (Å²) in [4.78, 5) is 15.1. The number of amides is 1. The Kier molecular flexibility index (Phi) is 7.06. The fourth-order valence-corrected chi connectivity index (χ4v) is 5.01. The van der Waals surface area contributed by atoms with Gasteiger partial charge < -0.3 is 9.64 Å². The van der Waals surface area contributed by atoms with Crippen LogP contribution in [0.15, 0.2) is 47.4 Å². The average Bonchev–Trinajstić information content (AvgIpc) is 3.19. The Morgan fingerprint density at radius 2 is 1.70 bits per heavy atom. The fraction of sp³-hybridized carbons (Fsp3) is 0.409. The zero-order valence-corrected chi connectivity index (χ0v) is 21.0. The number of hydrogen-bond donors (Lipinski definition) is 0. The highest BCUT2D eigenvalue weighted by molar-refractivity contribution is 7.92. The largest absolute Gasteiger partial charge is 0.481 e. The number of carbonyl (C=O) groups is 1. The van der Waals surface area contributed by atoms with Crippen molar-refractivity contribution in [1.82, 2.24) is 4.31 Å². The molecule has 1 atom stereocenters. The molecular weight excluding hydrogens is 466 g/mol. The number of hydrogen-bond acceptors (Lipinski definition) is 6. The van der Waals surface area contributed by atoms with Gasteiger partial charge in [0.05, 0.1) is 16.8 Å². The molecule has 0 N–H and O–H groups in total. The maximum atomic E-state index is 13.2. The van der Waals surface area contributed by atoms with Crippen LogP contribution in [0.25, 0.3) is 0 Å². The summed E-state index contributed by atoms with van der Waals surface area (Å²) in [5.74, 6) is 0.240. The predicted octanol–water partition coefficient (Wildman–Crippen LogP) is 2.08. The molecule has 0 aliphatic carbocycles. The first-order valence-electron chi connectivity index (χ1n) is 10.4. The summed E-state index contributed by atoms with van der Waals surface area (Å²) < 4.78 is 56.5. The molecular formula is C22H29N3O6S2. The smallest absolute Gasteiger partial charge is 0.268 e. The van der Waals surface area contributed by atoms with Crippen LogP contribution in [0.4, 0.5) is 11.4 Å².